The minimum atomic E-state index is -0.414. The highest BCUT2D eigenvalue weighted by Gasteiger charge is 1.96. The average Bonchev–Trinajstić information content (AvgIpc) is 2.23. The molecule has 16 heavy (non-hydrogen) atoms. The van der Waals surface area contributed by atoms with Gasteiger partial charge in [-0.1, -0.05) is 6.08 Å². The molecule has 5 heteroatoms. The van der Waals surface area contributed by atoms with E-state index < -0.39 is 5.97 Å². The third-order valence-corrected chi connectivity index (χ3v) is 1.82. The molecule has 0 saturated carbocycles. The van der Waals surface area contributed by atoms with Gasteiger partial charge >= 0.3 is 5.97 Å². The number of rotatable bonds is 4. The van der Waals surface area contributed by atoms with Crippen LogP contribution < -0.4 is 5.56 Å². The number of hydrogen-bond acceptors (Lipinski definition) is 4. The smallest absolute Gasteiger partial charge is 0.330 e. The Bertz CT molecular complexity index is 449. The lowest BCUT2D eigenvalue weighted by Gasteiger charge is -2.00. The second-order valence-corrected chi connectivity index (χ2v) is 3.15. The molecule has 0 aliphatic rings. The van der Waals surface area contributed by atoms with Gasteiger partial charge in [-0.25, -0.2) is 9.48 Å². The maximum absolute atomic E-state index is 11.3. The Morgan fingerprint density at radius 2 is 2.31 bits per heavy atom. The summed E-state index contributed by atoms with van der Waals surface area (Å²) < 4.78 is 5.98. The molecule has 0 fully saturated rings. The molecule has 0 aromatic carbocycles. The fourth-order valence-corrected chi connectivity index (χ4v) is 1.12. The van der Waals surface area contributed by atoms with Crippen LogP contribution in [0.1, 0.15) is 12.6 Å². The third-order valence-electron chi connectivity index (χ3n) is 1.82. The predicted octanol–water partition coefficient (Wildman–Crippen LogP) is 0.671. The van der Waals surface area contributed by atoms with E-state index >= 15 is 0 Å². The van der Waals surface area contributed by atoms with Crippen molar-refractivity contribution in [1.82, 2.24) is 9.78 Å². The van der Waals surface area contributed by atoms with E-state index in [-0.39, 0.29) is 12.1 Å². The van der Waals surface area contributed by atoms with E-state index in [9.17, 15) is 9.59 Å². The molecule has 5 nitrogen and oxygen atoms in total. The van der Waals surface area contributed by atoms with Crippen molar-refractivity contribution in [3.8, 4) is 0 Å². The van der Waals surface area contributed by atoms with E-state index in [1.54, 1.807) is 26.0 Å². The Morgan fingerprint density at radius 3 is 3.00 bits per heavy atom. The zero-order valence-electron chi connectivity index (χ0n) is 9.34. The van der Waals surface area contributed by atoms with Crippen molar-refractivity contribution < 1.29 is 9.53 Å². The molecule has 0 atom stereocenters. The normalized spacial score (nSPS) is 10.6. The molecule has 0 aliphatic heterocycles. The summed E-state index contributed by atoms with van der Waals surface area (Å²) in [5.74, 6) is -0.414. The fourth-order valence-electron chi connectivity index (χ4n) is 1.12. The van der Waals surface area contributed by atoms with Crippen molar-refractivity contribution in [2.24, 2.45) is 0 Å². The minimum Gasteiger partial charge on any atom is -0.463 e. The van der Waals surface area contributed by atoms with E-state index in [1.165, 1.54) is 16.8 Å². The lowest BCUT2D eigenvalue weighted by Crippen LogP contribution is -2.21. The largest absolute Gasteiger partial charge is 0.463 e. The second kappa shape index (κ2) is 5.85. The molecule has 1 aromatic rings. The molecule has 1 heterocycles. The van der Waals surface area contributed by atoms with Gasteiger partial charge in [-0.2, -0.15) is 5.10 Å². The topological polar surface area (TPSA) is 61.2 Å². The number of allylic oxidation sites excluding steroid dienone is 1. The number of esters is 1. The van der Waals surface area contributed by atoms with Gasteiger partial charge in [0.25, 0.3) is 5.56 Å². The molecule has 0 amide bonds. The zero-order chi connectivity index (χ0) is 12.0. The molecule has 1 aromatic heterocycles. The van der Waals surface area contributed by atoms with Gasteiger partial charge in [-0.15, -0.1) is 0 Å². The van der Waals surface area contributed by atoms with Crippen LogP contribution in [0, 0.1) is 6.92 Å². The second-order valence-electron chi connectivity index (χ2n) is 3.15. The highest BCUT2D eigenvalue weighted by atomic mass is 16.5. The van der Waals surface area contributed by atoms with Gasteiger partial charge in [0, 0.05) is 12.1 Å². The molecular weight excluding hydrogens is 208 g/mol. The van der Waals surface area contributed by atoms with Crippen molar-refractivity contribution in [2.75, 3.05) is 6.61 Å². The van der Waals surface area contributed by atoms with Gasteiger partial charge < -0.3 is 4.74 Å². The number of ether oxygens (including phenoxy) is 1. The molecule has 86 valence electrons. The van der Waals surface area contributed by atoms with Crippen molar-refractivity contribution >= 4 is 5.97 Å². The molecule has 0 spiro atoms. The Hall–Kier alpha value is -1.91. The van der Waals surface area contributed by atoms with Crippen LogP contribution in [0.4, 0.5) is 0 Å². The predicted molar refractivity (Wildman–Crippen MR) is 59.0 cm³/mol. The highest BCUT2D eigenvalue weighted by Crippen LogP contribution is 1.87. The summed E-state index contributed by atoms with van der Waals surface area (Å²) in [5, 5.41) is 4.02. The number of carbonyl (C=O) groups is 1. The van der Waals surface area contributed by atoms with Crippen LogP contribution in [-0.4, -0.2) is 22.4 Å². The Labute approximate surface area is 93.4 Å². The highest BCUT2D eigenvalue weighted by molar-refractivity contribution is 5.81. The number of hydrogen-bond donors (Lipinski definition) is 0. The fraction of sp³-hybridized carbons (Fsp3) is 0.364. The lowest BCUT2D eigenvalue weighted by atomic mass is 10.4. The molecule has 0 saturated heterocycles. The first-order valence-corrected chi connectivity index (χ1v) is 5.01. The van der Waals surface area contributed by atoms with Gasteiger partial charge in [0.2, 0.25) is 0 Å². The standard InChI is InChI=1S/C11H14N2O3/c1-3-16-11(15)5-4-8-13-10(14)7-6-9(2)12-13/h4-7H,3,8H2,1-2H3/b5-4+. The van der Waals surface area contributed by atoms with E-state index in [4.69, 9.17) is 4.74 Å². The van der Waals surface area contributed by atoms with E-state index in [0.717, 1.165) is 5.69 Å². The van der Waals surface area contributed by atoms with Crippen LogP contribution in [0.25, 0.3) is 0 Å². The number of aromatic nitrogens is 2. The van der Waals surface area contributed by atoms with Gasteiger partial charge in [0.05, 0.1) is 18.8 Å². The van der Waals surface area contributed by atoms with E-state index in [0.29, 0.717) is 6.61 Å². The number of carbonyl (C=O) groups excluding carboxylic acids is 1. The molecule has 0 aliphatic carbocycles. The van der Waals surface area contributed by atoms with Crippen molar-refractivity contribution in [3.05, 3.63) is 40.3 Å². The Kier molecular flexibility index (Phi) is 4.44. The zero-order valence-corrected chi connectivity index (χ0v) is 9.34. The summed E-state index contributed by atoms with van der Waals surface area (Å²) in [6, 6.07) is 3.09. The Morgan fingerprint density at radius 1 is 1.56 bits per heavy atom. The number of nitrogens with zero attached hydrogens (tertiary/aromatic N) is 2. The molecule has 0 radical (unpaired) electrons. The lowest BCUT2D eigenvalue weighted by molar-refractivity contribution is -0.137. The quantitative estimate of drug-likeness (QED) is 0.555. The van der Waals surface area contributed by atoms with Crippen LogP contribution in [0.3, 0.4) is 0 Å². The molecule has 0 bridgehead atoms. The summed E-state index contributed by atoms with van der Waals surface area (Å²) in [4.78, 5) is 22.3. The van der Waals surface area contributed by atoms with Gasteiger partial charge in [0.1, 0.15) is 0 Å². The maximum Gasteiger partial charge on any atom is 0.330 e. The van der Waals surface area contributed by atoms with Crippen molar-refractivity contribution in [3.63, 3.8) is 0 Å². The molecule has 0 N–H and O–H groups in total. The summed E-state index contributed by atoms with van der Waals surface area (Å²) >= 11 is 0. The SMILES string of the molecule is CCOC(=O)/C=C/Cn1nc(C)ccc1=O. The summed E-state index contributed by atoms with van der Waals surface area (Å²) in [6.45, 7) is 4.13. The minimum absolute atomic E-state index is 0.195. The van der Waals surface area contributed by atoms with Crippen LogP contribution in [0.15, 0.2) is 29.1 Å². The van der Waals surface area contributed by atoms with E-state index in [2.05, 4.69) is 5.10 Å². The monoisotopic (exact) mass is 222 g/mol. The first-order chi connectivity index (χ1) is 7.63. The van der Waals surface area contributed by atoms with E-state index in [1.807, 2.05) is 0 Å². The van der Waals surface area contributed by atoms with Crippen molar-refractivity contribution in [2.45, 2.75) is 20.4 Å². The van der Waals surface area contributed by atoms with Crippen LogP contribution in [0.2, 0.25) is 0 Å². The van der Waals surface area contributed by atoms with Crippen LogP contribution >= 0.6 is 0 Å². The first kappa shape index (κ1) is 12.2. The molecule has 1 rings (SSSR count). The third kappa shape index (κ3) is 3.68. The Balaban J connectivity index is 2.64. The van der Waals surface area contributed by atoms with Crippen molar-refractivity contribution in [1.29, 1.82) is 0 Å². The first-order valence-electron chi connectivity index (χ1n) is 5.01. The molecular formula is C11H14N2O3. The average molecular weight is 222 g/mol. The van der Waals surface area contributed by atoms with Gasteiger partial charge in [0.15, 0.2) is 0 Å². The summed E-state index contributed by atoms with van der Waals surface area (Å²) in [7, 11) is 0. The maximum atomic E-state index is 11.3. The summed E-state index contributed by atoms with van der Waals surface area (Å²) in [5.41, 5.74) is 0.559. The number of aryl methyl sites for hydroxylation is 1. The van der Waals surface area contributed by atoms with Crippen LogP contribution in [-0.2, 0) is 16.1 Å². The van der Waals surface area contributed by atoms with Gasteiger partial charge in [-0.05, 0) is 19.9 Å². The summed E-state index contributed by atoms with van der Waals surface area (Å²) in [6.07, 6.45) is 2.84. The van der Waals surface area contributed by atoms with Crippen LogP contribution in [0.5, 0.6) is 0 Å². The molecule has 0 unspecified atom stereocenters. The van der Waals surface area contributed by atoms with Gasteiger partial charge in [-0.3, -0.25) is 4.79 Å².